The number of rotatable bonds is 6. The summed E-state index contributed by atoms with van der Waals surface area (Å²) in [5.74, 6) is -2.20. The molecule has 0 aliphatic heterocycles. The normalized spacial score (nSPS) is 14.0. The smallest absolute Gasteiger partial charge is 0.320 e. The van der Waals surface area contributed by atoms with Crippen molar-refractivity contribution in [2.24, 2.45) is 0 Å². The molecule has 0 bridgehead atoms. The number of carboxylic acid groups (broad SMARTS) is 1. The van der Waals surface area contributed by atoms with Crippen molar-refractivity contribution in [3.8, 4) is 0 Å². The molecule has 0 fully saturated rings. The van der Waals surface area contributed by atoms with Crippen LogP contribution in [0.5, 0.6) is 0 Å². The van der Waals surface area contributed by atoms with Crippen molar-refractivity contribution in [3.05, 3.63) is 0 Å². The molecule has 0 amide bonds. The van der Waals surface area contributed by atoms with Gasteiger partial charge in [0.1, 0.15) is 0 Å². The highest BCUT2D eigenvalue weighted by Gasteiger charge is 2.17. The Kier molecular flexibility index (Phi) is 4.94. The zero-order valence-corrected chi connectivity index (χ0v) is 8.60. The third-order valence-electron chi connectivity index (χ3n) is 1.42. The van der Waals surface area contributed by atoms with Gasteiger partial charge in [-0.05, 0) is 13.3 Å². The van der Waals surface area contributed by atoms with Crippen LogP contribution >= 0.6 is 0 Å². The molecule has 0 radical (unpaired) electrons. The van der Waals surface area contributed by atoms with Crippen molar-refractivity contribution < 1.29 is 18.3 Å². The number of hydrogen-bond donors (Lipinski definition) is 2. The van der Waals surface area contributed by atoms with Crippen LogP contribution in [-0.4, -0.2) is 31.3 Å². The Bertz CT molecular complexity index is 260. The second-order valence-electron chi connectivity index (χ2n) is 2.96. The fraction of sp³-hybridized carbons (Fsp3) is 0.857. The van der Waals surface area contributed by atoms with Gasteiger partial charge in [0, 0.05) is 6.04 Å². The zero-order chi connectivity index (χ0) is 10.5. The van der Waals surface area contributed by atoms with E-state index in [1.165, 1.54) is 0 Å². The van der Waals surface area contributed by atoms with Gasteiger partial charge in [-0.1, -0.05) is 13.3 Å². The fourth-order valence-electron chi connectivity index (χ4n) is 1.00. The lowest BCUT2D eigenvalue weighted by Crippen LogP contribution is -2.36. The van der Waals surface area contributed by atoms with E-state index in [-0.39, 0.29) is 6.04 Å². The molecule has 0 aliphatic rings. The van der Waals surface area contributed by atoms with E-state index >= 15 is 0 Å². The van der Waals surface area contributed by atoms with E-state index in [2.05, 4.69) is 4.72 Å². The Labute approximate surface area is 78.2 Å². The summed E-state index contributed by atoms with van der Waals surface area (Å²) in [6.07, 6.45) is 1.57. The lowest BCUT2D eigenvalue weighted by atomic mass is 10.2. The fourth-order valence-corrected chi connectivity index (χ4v) is 2.14. The average Bonchev–Trinajstić information content (AvgIpc) is 1.81. The Hall–Kier alpha value is -0.620. The van der Waals surface area contributed by atoms with Crippen molar-refractivity contribution in [2.75, 3.05) is 5.75 Å². The highest BCUT2D eigenvalue weighted by atomic mass is 32.2. The molecule has 0 saturated heterocycles. The van der Waals surface area contributed by atoms with Crippen LogP contribution in [0.3, 0.4) is 0 Å². The first kappa shape index (κ1) is 12.4. The van der Waals surface area contributed by atoms with Gasteiger partial charge < -0.3 is 5.11 Å². The van der Waals surface area contributed by atoms with Crippen LogP contribution in [0.4, 0.5) is 0 Å². The Morgan fingerprint density at radius 1 is 1.54 bits per heavy atom. The molecule has 0 heterocycles. The van der Waals surface area contributed by atoms with Gasteiger partial charge >= 0.3 is 5.97 Å². The number of carboxylic acids is 1. The molecule has 0 aliphatic carbocycles. The van der Waals surface area contributed by atoms with Crippen LogP contribution in [0.25, 0.3) is 0 Å². The maximum atomic E-state index is 11.0. The maximum Gasteiger partial charge on any atom is 0.320 e. The standard InChI is InChI=1S/C7H15NO4S/c1-3-4-6(2)8-13(11,12)5-7(9)10/h6,8H,3-5H2,1-2H3,(H,9,10). The van der Waals surface area contributed by atoms with Crippen LogP contribution in [0.15, 0.2) is 0 Å². The van der Waals surface area contributed by atoms with Gasteiger partial charge in [0.2, 0.25) is 10.0 Å². The molecule has 13 heavy (non-hydrogen) atoms. The van der Waals surface area contributed by atoms with Crippen LogP contribution in [0, 0.1) is 0 Å². The van der Waals surface area contributed by atoms with E-state index < -0.39 is 21.7 Å². The molecule has 0 saturated carbocycles. The second kappa shape index (κ2) is 5.18. The monoisotopic (exact) mass is 209 g/mol. The Balaban J connectivity index is 4.10. The molecular formula is C7H15NO4S. The molecule has 0 spiro atoms. The highest BCUT2D eigenvalue weighted by Crippen LogP contribution is 1.97. The summed E-state index contributed by atoms with van der Waals surface area (Å²) in [4.78, 5) is 10.1. The minimum absolute atomic E-state index is 0.200. The number of carbonyl (C=O) groups is 1. The lowest BCUT2D eigenvalue weighted by molar-refractivity contribution is -0.134. The van der Waals surface area contributed by atoms with Crippen LogP contribution in [-0.2, 0) is 14.8 Å². The maximum absolute atomic E-state index is 11.0. The van der Waals surface area contributed by atoms with Crippen molar-refractivity contribution in [2.45, 2.75) is 32.7 Å². The summed E-state index contributed by atoms with van der Waals surface area (Å²) >= 11 is 0. The van der Waals surface area contributed by atoms with Crippen molar-refractivity contribution in [1.82, 2.24) is 4.72 Å². The quantitative estimate of drug-likeness (QED) is 0.653. The first-order chi connectivity index (χ1) is 5.87. The molecule has 0 aromatic rings. The molecule has 0 aromatic carbocycles. The largest absolute Gasteiger partial charge is 0.480 e. The van der Waals surface area contributed by atoms with Crippen molar-refractivity contribution >= 4 is 16.0 Å². The SMILES string of the molecule is CCCC(C)NS(=O)(=O)CC(=O)O. The van der Waals surface area contributed by atoms with Gasteiger partial charge in [0.05, 0.1) is 0 Å². The molecule has 1 atom stereocenters. The predicted octanol–water partition coefficient (Wildman–Crippen LogP) is 0.179. The summed E-state index contributed by atoms with van der Waals surface area (Å²) in [5.41, 5.74) is 0. The molecule has 5 nitrogen and oxygen atoms in total. The Morgan fingerprint density at radius 2 is 2.08 bits per heavy atom. The minimum Gasteiger partial charge on any atom is -0.480 e. The molecule has 0 aromatic heterocycles. The summed E-state index contributed by atoms with van der Waals surface area (Å²) in [5, 5.41) is 8.27. The van der Waals surface area contributed by atoms with Crippen LogP contribution < -0.4 is 4.72 Å². The van der Waals surface area contributed by atoms with Gasteiger partial charge in [-0.3, -0.25) is 4.79 Å². The van der Waals surface area contributed by atoms with Crippen molar-refractivity contribution in [3.63, 3.8) is 0 Å². The predicted molar refractivity (Wildman–Crippen MR) is 48.9 cm³/mol. The van der Waals surface area contributed by atoms with Crippen LogP contribution in [0.2, 0.25) is 0 Å². The minimum atomic E-state index is -3.65. The summed E-state index contributed by atoms with van der Waals surface area (Å²) in [6.45, 7) is 3.64. The molecular weight excluding hydrogens is 194 g/mol. The third-order valence-corrected chi connectivity index (χ3v) is 2.80. The van der Waals surface area contributed by atoms with E-state index in [1.807, 2.05) is 6.92 Å². The van der Waals surface area contributed by atoms with Gasteiger partial charge in [-0.25, -0.2) is 13.1 Å². The molecule has 6 heteroatoms. The number of nitrogens with one attached hydrogen (secondary N) is 1. The first-order valence-electron chi connectivity index (χ1n) is 4.09. The topological polar surface area (TPSA) is 83.5 Å². The van der Waals surface area contributed by atoms with Gasteiger partial charge in [-0.2, -0.15) is 0 Å². The van der Waals surface area contributed by atoms with E-state index in [9.17, 15) is 13.2 Å². The zero-order valence-electron chi connectivity index (χ0n) is 7.78. The van der Waals surface area contributed by atoms with E-state index in [4.69, 9.17) is 5.11 Å². The first-order valence-corrected chi connectivity index (χ1v) is 5.74. The number of sulfonamides is 1. The highest BCUT2D eigenvalue weighted by molar-refractivity contribution is 7.90. The van der Waals surface area contributed by atoms with E-state index in [0.717, 1.165) is 6.42 Å². The summed E-state index contributed by atoms with van der Waals surface area (Å²) < 4.78 is 24.3. The van der Waals surface area contributed by atoms with Gasteiger partial charge in [-0.15, -0.1) is 0 Å². The lowest BCUT2D eigenvalue weighted by Gasteiger charge is -2.11. The summed E-state index contributed by atoms with van der Waals surface area (Å²) in [7, 11) is -3.65. The summed E-state index contributed by atoms with van der Waals surface area (Å²) in [6, 6.07) is -0.200. The number of aliphatic carboxylic acids is 1. The molecule has 78 valence electrons. The molecule has 1 unspecified atom stereocenters. The van der Waals surface area contributed by atoms with Gasteiger partial charge in [0.25, 0.3) is 0 Å². The average molecular weight is 209 g/mol. The second-order valence-corrected chi connectivity index (χ2v) is 4.71. The Morgan fingerprint density at radius 3 is 2.46 bits per heavy atom. The molecule has 2 N–H and O–H groups in total. The third kappa shape index (κ3) is 6.53. The van der Waals surface area contributed by atoms with Crippen LogP contribution in [0.1, 0.15) is 26.7 Å². The molecule has 0 rings (SSSR count). The van der Waals surface area contributed by atoms with E-state index in [1.54, 1.807) is 6.92 Å². The van der Waals surface area contributed by atoms with E-state index in [0.29, 0.717) is 6.42 Å². The van der Waals surface area contributed by atoms with Crippen molar-refractivity contribution in [1.29, 1.82) is 0 Å². The van der Waals surface area contributed by atoms with Gasteiger partial charge in [0.15, 0.2) is 5.75 Å². The number of hydrogen-bond acceptors (Lipinski definition) is 3.